The highest BCUT2D eigenvalue weighted by molar-refractivity contribution is 9.10. The minimum Gasteiger partial charge on any atom is -0.310 e. The number of halogens is 1. The number of hydrogen-bond donors (Lipinski definition) is 1. The number of anilines is 1. The van der Waals surface area contributed by atoms with Crippen LogP contribution >= 0.6 is 27.7 Å². The van der Waals surface area contributed by atoms with E-state index in [1.54, 1.807) is 24.0 Å². The highest BCUT2D eigenvalue weighted by Gasteiger charge is 2.28. The van der Waals surface area contributed by atoms with Crippen molar-refractivity contribution in [2.24, 2.45) is 0 Å². The molecule has 0 radical (unpaired) electrons. The van der Waals surface area contributed by atoms with Crippen molar-refractivity contribution in [3.8, 4) is 0 Å². The lowest BCUT2D eigenvalue weighted by atomic mass is 10.1. The lowest BCUT2D eigenvalue weighted by Crippen LogP contribution is -2.25. The number of benzene rings is 1. The van der Waals surface area contributed by atoms with E-state index in [1.807, 2.05) is 18.2 Å². The third kappa shape index (κ3) is 2.82. The maximum absolute atomic E-state index is 12.2. The fourth-order valence-electron chi connectivity index (χ4n) is 2.01. The SMILES string of the molecule is O=C(Nc1cc(Br)ccn1)C1Cc2ccccc2S1. The van der Waals surface area contributed by atoms with Gasteiger partial charge in [0.05, 0.1) is 5.25 Å². The molecule has 1 aliphatic rings. The van der Waals surface area contributed by atoms with Crippen molar-refractivity contribution < 1.29 is 4.79 Å². The zero-order chi connectivity index (χ0) is 13.2. The minimum absolute atomic E-state index is 0.00630. The number of carbonyl (C=O) groups excluding carboxylic acids is 1. The molecule has 2 aromatic rings. The van der Waals surface area contributed by atoms with Gasteiger partial charge in [-0.05, 0) is 30.2 Å². The van der Waals surface area contributed by atoms with E-state index < -0.39 is 0 Å². The van der Waals surface area contributed by atoms with Gasteiger partial charge in [0.1, 0.15) is 5.82 Å². The van der Waals surface area contributed by atoms with Gasteiger partial charge in [-0.25, -0.2) is 4.98 Å². The second kappa shape index (κ2) is 5.35. The molecule has 19 heavy (non-hydrogen) atoms. The molecule has 1 aliphatic heterocycles. The Morgan fingerprint density at radius 2 is 2.21 bits per heavy atom. The van der Waals surface area contributed by atoms with Crippen molar-refractivity contribution in [2.75, 3.05) is 5.32 Å². The summed E-state index contributed by atoms with van der Waals surface area (Å²) in [6, 6.07) is 11.8. The van der Waals surface area contributed by atoms with Gasteiger partial charge in [-0.3, -0.25) is 4.79 Å². The summed E-state index contributed by atoms with van der Waals surface area (Å²) in [5, 5.41) is 2.79. The number of rotatable bonds is 2. The normalized spacial score (nSPS) is 17.0. The van der Waals surface area contributed by atoms with E-state index in [0.717, 1.165) is 10.9 Å². The van der Waals surface area contributed by atoms with Crippen LogP contribution in [0.2, 0.25) is 0 Å². The molecular formula is C14H11BrN2OS. The van der Waals surface area contributed by atoms with Crippen LogP contribution in [0.15, 0.2) is 52.0 Å². The van der Waals surface area contributed by atoms with Crippen molar-refractivity contribution in [1.82, 2.24) is 4.98 Å². The number of aromatic nitrogens is 1. The average molecular weight is 335 g/mol. The van der Waals surface area contributed by atoms with Crippen molar-refractivity contribution >= 4 is 39.4 Å². The van der Waals surface area contributed by atoms with Crippen LogP contribution in [-0.2, 0) is 11.2 Å². The van der Waals surface area contributed by atoms with Crippen molar-refractivity contribution in [3.05, 3.63) is 52.6 Å². The first kappa shape index (κ1) is 12.7. The number of nitrogens with one attached hydrogen (secondary N) is 1. The standard InChI is InChI=1S/C14H11BrN2OS/c15-10-5-6-16-13(8-10)17-14(18)12-7-9-3-1-2-4-11(9)19-12/h1-6,8,12H,7H2,(H,16,17,18). The third-order valence-electron chi connectivity index (χ3n) is 2.91. The summed E-state index contributed by atoms with van der Waals surface area (Å²) >= 11 is 4.98. The van der Waals surface area contributed by atoms with Gasteiger partial charge in [0.15, 0.2) is 0 Å². The smallest absolute Gasteiger partial charge is 0.239 e. The zero-order valence-corrected chi connectivity index (χ0v) is 12.4. The summed E-state index contributed by atoms with van der Waals surface area (Å²) in [4.78, 5) is 17.5. The summed E-state index contributed by atoms with van der Waals surface area (Å²) in [7, 11) is 0. The number of pyridine rings is 1. The summed E-state index contributed by atoms with van der Waals surface area (Å²) in [5.74, 6) is 0.586. The minimum atomic E-state index is -0.0711. The summed E-state index contributed by atoms with van der Waals surface area (Å²) < 4.78 is 0.903. The second-order valence-electron chi connectivity index (χ2n) is 4.27. The monoisotopic (exact) mass is 334 g/mol. The first-order chi connectivity index (χ1) is 9.22. The third-order valence-corrected chi connectivity index (χ3v) is 4.72. The van der Waals surface area contributed by atoms with E-state index in [0.29, 0.717) is 5.82 Å². The largest absolute Gasteiger partial charge is 0.310 e. The van der Waals surface area contributed by atoms with Crippen LogP contribution < -0.4 is 5.32 Å². The molecule has 96 valence electrons. The van der Waals surface area contributed by atoms with Gasteiger partial charge in [0.2, 0.25) is 5.91 Å². The summed E-state index contributed by atoms with van der Waals surface area (Å²) in [6.07, 6.45) is 2.44. The molecule has 0 saturated carbocycles. The molecule has 1 amide bonds. The van der Waals surface area contributed by atoms with Crippen LogP contribution in [0.3, 0.4) is 0 Å². The van der Waals surface area contributed by atoms with E-state index in [1.165, 1.54) is 10.5 Å². The quantitative estimate of drug-likeness (QED) is 0.913. The Bertz CT molecular complexity index is 607. The number of thioether (sulfide) groups is 1. The second-order valence-corrected chi connectivity index (χ2v) is 6.43. The average Bonchev–Trinajstić information content (AvgIpc) is 2.82. The van der Waals surface area contributed by atoms with E-state index in [2.05, 4.69) is 38.4 Å². The Balaban J connectivity index is 1.70. The lowest BCUT2D eigenvalue weighted by molar-refractivity contribution is -0.115. The van der Waals surface area contributed by atoms with Crippen molar-refractivity contribution in [3.63, 3.8) is 0 Å². The molecule has 3 rings (SSSR count). The lowest BCUT2D eigenvalue weighted by Gasteiger charge is -2.09. The molecule has 0 saturated heterocycles. The molecule has 1 N–H and O–H groups in total. The van der Waals surface area contributed by atoms with E-state index in [4.69, 9.17) is 0 Å². The molecule has 1 aromatic heterocycles. The number of amides is 1. The van der Waals surface area contributed by atoms with Crippen molar-refractivity contribution in [2.45, 2.75) is 16.6 Å². The Morgan fingerprint density at radius 1 is 1.37 bits per heavy atom. The van der Waals surface area contributed by atoms with Crippen LogP contribution in [0.1, 0.15) is 5.56 Å². The van der Waals surface area contributed by atoms with Gasteiger partial charge in [-0.15, -0.1) is 11.8 Å². The number of nitrogens with zero attached hydrogens (tertiary/aromatic N) is 1. The maximum atomic E-state index is 12.2. The number of carbonyl (C=O) groups is 1. The molecule has 1 unspecified atom stereocenters. The predicted octanol–water partition coefficient (Wildman–Crippen LogP) is 3.50. The van der Waals surface area contributed by atoms with Gasteiger partial charge in [0.25, 0.3) is 0 Å². The van der Waals surface area contributed by atoms with Crippen LogP contribution in [0.5, 0.6) is 0 Å². The number of hydrogen-bond acceptors (Lipinski definition) is 3. The fraction of sp³-hybridized carbons (Fsp3) is 0.143. The Morgan fingerprint density at radius 3 is 3.00 bits per heavy atom. The topological polar surface area (TPSA) is 42.0 Å². The van der Waals surface area contributed by atoms with Crippen LogP contribution in [0, 0.1) is 0 Å². The molecule has 0 fully saturated rings. The van der Waals surface area contributed by atoms with E-state index in [-0.39, 0.29) is 11.2 Å². The van der Waals surface area contributed by atoms with Gasteiger partial charge < -0.3 is 5.32 Å². The zero-order valence-electron chi connectivity index (χ0n) is 9.97. The van der Waals surface area contributed by atoms with Crippen LogP contribution in [-0.4, -0.2) is 16.1 Å². The molecule has 0 spiro atoms. The van der Waals surface area contributed by atoms with Crippen LogP contribution in [0.4, 0.5) is 5.82 Å². The van der Waals surface area contributed by atoms with E-state index in [9.17, 15) is 4.79 Å². The molecular weight excluding hydrogens is 324 g/mol. The first-order valence-corrected chi connectivity index (χ1v) is 7.56. The molecule has 1 atom stereocenters. The summed E-state index contributed by atoms with van der Waals surface area (Å²) in [6.45, 7) is 0. The van der Waals surface area contributed by atoms with Gasteiger partial charge in [0, 0.05) is 15.6 Å². The number of fused-ring (bicyclic) bond motifs is 1. The van der Waals surface area contributed by atoms with E-state index >= 15 is 0 Å². The first-order valence-electron chi connectivity index (χ1n) is 5.89. The van der Waals surface area contributed by atoms with Gasteiger partial charge in [-0.2, -0.15) is 0 Å². The van der Waals surface area contributed by atoms with Gasteiger partial charge in [-0.1, -0.05) is 34.1 Å². The molecule has 0 bridgehead atoms. The maximum Gasteiger partial charge on any atom is 0.239 e. The van der Waals surface area contributed by atoms with Gasteiger partial charge >= 0.3 is 0 Å². The molecule has 2 heterocycles. The summed E-state index contributed by atoms with van der Waals surface area (Å²) in [5.41, 5.74) is 1.25. The Labute approximate surface area is 123 Å². The Hall–Kier alpha value is -1.33. The van der Waals surface area contributed by atoms with Crippen LogP contribution in [0.25, 0.3) is 0 Å². The fourth-order valence-corrected chi connectivity index (χ4v) is 3.54. The molecule has 5 heteroatoms. The Kier molecular flexibility index (Phi) is 3.57. The highest BCUT2D eigenvalue weighted by Crippen LogP contribution is 2.37. The molecule has 1 aromatic carbocycles. The highest BCUT2D eigenvalue weighted by atomic mass is 79.9. The molecule has 0 aliphatic carbocycles. The van der Waals surface area contributed by atoms with Crippen molar-refractivity contribution in [1.29, 1.82) is 0 Å². The predicted molar refractivity (Wildman–Crippen MR) is 80.4 cm³/mol. The molecule has 3 nitrogen and oxygen atoms in total.